The van der Waals surface area contributed by atoms with Gasteiger partial charge in [0.2, 0.25) is 0 Å². The summed E-state index contributed by atoms with van der Waals surface area (Å²) in [6, 6.07) is 7.72. The monoisotopic (exact) mass is 567 g/mol. The predicted octanol–water partition coefficient (Wildman–Crippen LogP) is 5.25. The Morgan fingerprint density at radius 1 is 1.19 bits per heavy atom. The number of amides is 1. The number of carbonyl (C=O) groups is 1. The van der Waals surface area contributed by atoms with Gasteiger partial charge in [0.05, 0.1) is 10.7 Å². The predicted molar refractivity (Wildman–Crippen MR) is 142 cm³/mol. The minimum atomic E-state index is -0.283. The van der Waals surface area contributed by atoms with E-state index in [0.717, 1.165) is 42.6 Å². The molecule has 8 heteroatoms. The van der Waals surface area contributed by atoms with E-state index in [1.165, 1.54) is 44.9 Å². The molecular weight excluding hydrogens is 537 g/mol. The van der Waals surface area contributed by atoms with Crippen LogP contribution < -0.4 is 16.0 Å². The number of halogens is 2. The highest BCUT2D eigenvalue weighted by molar-refractivity contribution is 14.2. The Kier molecular flexibility index (Phi) is 8.87. The number of hydrogen-bond acceptors (Lipinski definition) is 5. The van der Waals surface area contributed by atoms with E-state index in [1.807, 2.05) is 28.3 Å². The number of nitrogens with one attached hydrogen (secondary N) is 3. The van der Waals surface area contributed by atoms with E-state index in [4.69, 9.17) is 16.6 Å². The number of nitrogens with zero attached hydrogens (tertiary/aromatic N) is 2. The van der Waals surface area contributed by atoms with E-state index in [2.05, 4.69) is 20.9 Å². The smallest absolute Gasteiger partial charge is 0.254 e. The van der Waals surface area contributed by atoms with Crippen molar-refractivity contribution in [2.24, 2.45) is 5.92 Å². The van der Waals surface area contributed by atoms with Crippen LogP contribution in [0.2, 0.25) is 5.02 Å². The zero-order valence-electron chi connectivity index (χ0n) is 18.2. The van der Waals surface area contributed by atoms with Crippen LogP contribution in [0.25, 0.3) is 11.3 Å². The molecule has 2 aliphatic rings. The van der Waals surface area contributed by atoms with Crippen molar-refractivity contribution >= 4 is 53.9 Å². The molecule has 0 bridgehead atoms. The fraction of sp³-hybridized carbons (Fsp3) is 0.500. The Bertz CT molecular complexity index is 942. The summed E-state index contributed by atoms with van der Waals surface area (Å²) in [5.41, 5.74) is 1.54. The Morgan fingerprint density at radius 2 is 2.06 bits per heavy atom. The third-order valence-corrected chi connectivity index (χ3v) is 9.31. The summed E-state index contributed by atoms with van der Waals surface area (Å²) >= 11 is 6.15. The standard InChI is InChI=1S/C24H31ClIN5O/c25-20-16-29-23(31-24(32)13-26-18-8-5-11-27-15-18)12-19(20)21-9-4-10-22(30-21)28-14-17-6-2-1-3-7-17/h4,9-10,12-13,16-18,27H,1-3,5-8,11,14-15H2,(H,28,30)(H,29,31,32). The molecule has 1 saturated carbocycles. The largest absolute Gasteiger partial charge is 0.370 e. The zero-order chi connectivity index (χ0) is 22.2. The van der Waals surface area contributed by atoms with Gasteiger partial charge in [0, 0.05) is 32.8 Å². The van der Waals surface area contributed by atoms with Crippen LogP contribution in [0.15, 0.2) is 30.5 Å². The average Bonchev–Trinajstić information content (AvgIpc) is 2.84. The summed E-state index contributed by atoms with van der Waals surface area (Å²) in [6.45, 7) is 3.07. The first-order valence-electron chi connectivity index (χ1n) is 11.5. The van der Waals surface area contributed by atoms with Gasteiger partial charge in [-0.1, -0.05) is 36.9 Å². The number of carbonyl (C=O) groups excluding carboxylic acids is 1. The van der Waals surface area contributed by atoms with Crippen LogP contribution in [0.3, 0.4) is 0 Å². The lowest BCUT2D eigenvalue weighted by Crippen LogP contribution is -2.30. The van der Waals surface area contributed by atoms with E-state index in [-0.39, 0.29) is 26.6 Å². The Labute approximate surface area is 205 Å². The molecule has 1 saturated heterocycles. The van der Waals surface area contributed by atoms with Gasteiger partial charge in [0.1, 0.15) is 11.6 Å². The van der Waals surface area contributed by atoms with Gasteiger partial charge in [-0.2, -0.15) is 0 Å². The topological polar surface area (TPSA) is 78.9 Å². The van der Waals surface area contributed by atoms with E-state index in [0.29, 0.717) is 14.8 Å². The van der Waals surface area contributed by atoms with Crippen LogP contribution in [0.5, 0.6) is 0 Å². The highest BCUT2D eigenvalue weighted by atomic mass is 127. The molecule has 0 spiro atoms. The highest BCUT2D eigenvalue weighted by Crippen LogP contribution is 2.29. The van der Waals surface area contributed by atoms with Crippen molar-refractivity contribution in [1.29, 1.82) is 0 Å². The molecule has 1 amide bonds. The molecule has 1 unspecified atom stereocenters. The molecule has 0 radical (unpaired) electrons. The Balaban J connectivity index is 1.40. The molecule has 3 heterocycles. The van der Waals surface area contributed by atoms with Crippen LogP contribution in [0.1, 0.15) is 44.9 Å². The van der Waals surface area contributed by atoms with Crippen molar-refractivity contribution in [2.75, 3.05) is 30.3 Å². The second-order valence-corrected chi connectivity index (χ2v) is 12.0. The minimum Gasteiger partial charge on any atom is -0.370 e. The van der Waals surface area contributed by atoms with Crippen molar-refractivity contribution in [1.82, 2.24) is 15.3 Å². The summed E-state index contributed by atoms with van der Waals surface area (Å²) in [5, 5.41) is 10.3. The maximum absolute atomic E-state index is 12.4. The lowest BCUT2D eigenvalue weighted by molar-refractivity contribution is -0.109. The normalized spacial score (nSPS) is 20.0. The molecule has 6 nitrogen and oxygen atoms in total. The van der Waals surface area contributed by atoms with Gasteiger partial charge in [-0.05, 0) is 56.3 Å². The van der Waals surface area contributed by atoms with Gasteiger partial charge in [-0.15, -0.1) is 20.7 Å². The summed E-state index contributed by atoms with van der Waals surface area (Å²) in [7, 11) is 0. The van der Waals surface area contributed by atoms with E-state index in [1.54, 1.807) is 6.20 Å². The molecule has 2 fully saturated rings. The lowest BCUT2D eigenvalue weighted by atomic mass is 9.89. The first-order valence-corrected chi connectivity index (χ1v) is 14.4. The highest BCUT2D eigenvalue weighted by Gasteiger charge is 2.14. The molecule has 1 aliphatic carbocycles. The van der Waals surface area contributed by atoms with Gasteiger partial charge in [-0.3, -0.25) is 4.79 Å². The fourth-order valence-corrected chi connectivity index (χ4v) is 6.80. The van der Waals surface area contributed by atoms with Crippen LogP contribution in [0, 0.1) is 5.92 Å². The third kappa shape index (κ3) is 6.96. The summed E-state index contributed by atoms with van der Waals surface area (Å²) < 4.78 is 2.47. The quantitative estimate of drug-likeness (QED) is 0.315. The Morgan fingerprint density at radius 3 is 2.88 bits per heavy atom. The number of aromatic nitrogens is 2. The van der Waals surface area contributed by atoms with Gasteiger partial charge in [0.25, 0.3) is 5.91 Å². The van der Waals surface area contributed by atoms with Crippen LogP contribution in [0.4, 0.5) is 11.6 Å². The number of alkyl halides is 1. The molecule has 2 aromatic heterocycles. The van der Waals surface area contributed by atoms with Gasteiger partial charge >= 0.3 is 0 Å². The lowest BCUT2D eigenvalue weighted by Gasteiger charge is -2.22. The number of piperidine rings is 1. The molecule has 0 aromatic carbocycles. The van der Waals surface area contributed by atoms with Gasteiger partial charge < -0.3 is 16.0 Å². The summed E-state index contributed by atoms with van der Waals surface area (Å²) in [4.78, 5) is 21.5. The SMILES string of the molecule is O=C(C=IC1CCCNC1)Nc1cc(-c2cccc(NCC3CCCCC3)n2)c(Cl)cn1. The second kappa shape index (κ2) is 12.0. The van der Waals surface area contributed by atoms with Gasteiger partial charge in [0.15, 0.2) is 0 Å². The summed E-state index contributed by atoms with van der Waals surface area (Å²) in [6.07, 6.45) is 10.6. The number of anilines is 2. The number of pyridine rings is 2. The van der Waals surface area contributed by atoms with Crippen LogP contribution >= 0.6 is 32.3 Å². The second-order valence-electron chi connectivity index (χ2n) is 8.51. The summed E-state index contributed by atoms with van der Waals surface area (Å²) in [5.74, 6) is 1.99. The van der Waals surface area contributed by atoms with Gasteiger partial charge in [-0.25, -0.2) is 9.97 Å². The van der Waals surface area contributed by atoms with Crippen molar-refractivity contribution in [3.05, 3.63) is 35.5 Å². The fourth-order valence-electron chi connectivity index (χ4n) is 4.24. The van der Waals surface area contributed by atoms with Crippen molar-refractivity contribution in [3.63, 3.8) is 0 Å². The first-order chi connectivity index (χ1) is 15.7. The maximum Gasteiger partial charge on any atom is 0.254 e. The molecule has 1 atom stereocenters. The minimum absolute atomic E-state index is 0.0833. The first kappa shape index (κ1) is 23.6. The molecular formula is C24H31ClIN5O. The zero-order valence-corrected chi connectivity index (χ0v) is 21.2. The maximum atomic E-state index is 12.4. The molecule has 3 N–H and O–H groups in total. The van der Waals surface area contributed by atoms with E-state index in [9.17, 15) is 4.79 Å². The van der Waals surface area contributed by atoms with Crippen molar-refractivity contribution in [3.8, 4) is 11.3 Å². The number of hydrogen-bond donors (Lipinski definition) is 3. The third-order valence-electron chi connectivity index (χ3n) is 6.01. The molecule has 1 aliphatic heterocycles. The molecule has 4 rings (SSSR count). The Hall–Kier alpha value is -1.58. The molecule has 32 heavy (non-hydrogen) atoms. The van der Waals surface area contributed by atoms with Crippen molar-refractivity contribution in [2.45, 2.75) is 48.9 Å². The molecule has 172 valence electrons. The van der Waals surface area contributed by atoms with Crippen LogP contribution in [-0.2, 0) is 4.79 Å². The average molecular weight is 568 g/mol. The van der Waals surface area contributed by atoms with Crippen LogP contribution in [-0.4, -0.2) is 43.4 Å². The molecule has 2 aromatic rings. The van der Waals surface area contributed by atoms with E-state index < -0.39 is 0 Å². The van der Waals surface area contributed by atoms with Crippen molar-refractivity contribution < 1.29 is 4.79 Å². The van der Waals surface area contributed by atoms with E-state index >= 15 is 0 Å². The number of rotatable bonds is 7.